The van der Waals surface area contributed by atoms with Crippen LogP contribution >= 0.6 is 0 Å². The number of hydrogen-bond donors (Lipinski definition) is 2. The van der Waals surface area contributed by atoms with E-state index in [0.717, 1.165) is 51.8 Å². The van der Waals surface area contributed by atoms with Gasteiger partial charge >= 0.3 is 12.2 Å². The summed E-state index contributed by atoms with van der Waals surface area (Å²) in [6, 6.07) is 14.7. The molecule has 0 aromatic heterocycles. The van der Waals surface area contributed by atoms with Crippen LogP contribution in [0.4, 0.5) is 23.7 Å². The SMILES string of the molecule is O=C(NCCCN1CCN(Cc2ccccc2)CC1)Nc1ccccc1C(F)(F)F. The van der Waals surface area contributed by atoms with Crippen LogP contribution in [0.25, 0.3) is 0 Å². The minimum atomic E-state index is -4.51. The Kier molecular flexibility index (Phi) is 7.70. The molecule has 2 aromatic rings. The molecule has 2 amide bonds. The number of alkyl halides is 3. The lowest BCUT2D eigenvalue weighted by atomic mass is 10.1. The Morgan fingerprint density at radius 2 is 1.53 bits per heavy atom. The third-order valence-corrected chi connectivity index (χ3v) is 5.13. The summed E-state index contributed by atoms with van der Waals surface area (Å²) in [5, 5.41) is 4.93. The molecule has 162 valence electrons. The van der Waals surface area contributed by atoms with Gasteiger partial charge in [-0.25, -0.2) is 4.79 Å². The van der Waals surface area contributed by atoms with Crippen molar-refractivity contribution >= 4 is 11.7 Å². The van der Waals surface area contributed by atoms with Gasteiger partial charge in [0, 0.05) is 39.3 Å². The van der Waals surface area contributed by atoms with Crippen molar-refractivity contribution in [3.63, 3.8) is 0 Å². The van der Waals surface area contributed by atoms with E-state index in [9.17, 15) is 18.0 Å². The number of benzene rings is 2. The van der Waals surface area contributed by atoms with E-state index in [2.05, 4.69) is 44.7 Å². The van der Waals surface area contributed by atoms with Gasteiger partial charge in [-0.2, -0.15) is 13.2 Å². The van der Waals surface area contributed by atoms with E-state index in [1.807, 2.05) is 6.07 Å². The lowest BCUT2D eigenvalue weighted by molar-refractivity contribution is -0.136. The summed E-state index contributed by atoms with van der Waals surface area (Å²) in [7, 11) is 0. The number of anilines is 1. The van der Waals surface area contributed by atoms with Crippen LogP contribution in [0.2, 0.25) is 0 Å². The minimum Gasteiger partial charge on any atom is -0.338 e. The molecule has 0 spiro atoms. The van der Waals surface area contributed by atoms with Gasteiger partial charge in [0.2, 0.25) is 0 Å². The van der Waals surface area contributed by atoms with Gasteiger partial charge in [0.25, 0.3) is 0 Å². The van der Waals surface area contributed by atoms with E-state index in [1.54, 1.807) is 0 Å². The fourth-order valence-electron chi connectivity index (χ4n) is 3.52. The largest absolute Gasteiger partial charge is 0.418 e. The van der Waals surface area contributed by atoms with Crippen molar-refractivity contribution < 1.29 is 18.0 Å². The molecule has 5 nitrogen and oxygen atoms in total. The number of carbonyl (C=O) groups excluding carboxylic acids is 1. The second kappa shape index (κ2) is 10.4. The first-order valence-electron chi connectivity index (χ1n) is 10.1. The Morgan fingerprint density at radius 3 is 2.23 bits per heavy atom. The Hall–Kier alpha value is -2.58. The number of hydrogen-bond acceptors (Lipinski definition) is 3. The second-order valence-electron chi connectivity index (χ2n) is 7.38. The van der Waals surface area contributed by atoms with E-state index >= 15 is 0 Å². The monoisotopic (exact) mass is 420 g/mol. The number of halogens is 3. The molecule has 0 saturated carbocycles. The summed E-state index contributed by atoms with van der Waals surface area (Å²) in [6.45, 7) is 6.14. The van der Waals surface area contributed by atoms with Crippen LogP contribution in [-0.4, -0.2) is 55.1 Å². The topological polar surface area (TPSA) is 47.6 Å². The molecule has 1 heterocycles. The van der Waals surface area contributed by atoms with Crippen LogP contribution in [-0.2, 0) is 12.7 Å². The number of urea groups is 1. The molecule has 0 radical (unpaired) electrons. The van der Waals surface area contributed by atoms with Crippen molar-refractivity contribution in [3.05, 3.63) is 65.7 Å². The third kappa shape index (κ3) is 6.74. The maximum absolute atomic E-state index is 13.0. The van der Waals surface area contributed by atoms with Crippen molar-refractivity contribution in [3.8, 4) is 0 Å². The molecule has 2 aromatic carbocycles. The van der Waals surface area contributed by atoms with Crippen LogP contribution in [0.1, 0.15) is 17.5 Å². The van der Waals surface area contributed by atoms with Crippen LogP contribution < -0.4 is 10.6 Å². The van der Waals surface area contributed by atoms with Crippen molar-refractivity contribution in [1.29, 1.82) is 0 Å². The molecule has 1 aliphatic rings. The summed E-state index contributed by atoms with van der Waals surface area (Å²) < 4.78 is 38.9. The van der Waals surface area contributed by atoms with Gasteiger partial charge in [0.1, 0.15) is 0 Å². The number of nitrogens with one attached hydrogen (secondary N) is 2. The molecule has 1 aliphatic heterocycles. The van der Waals surface area contributed by atoms with Crippen molar-refractivity contribution in [1.82, 2.24) is 15.1 Å². The zero-order valence-electron chi connectivity index (χ0n) is 16.8. The molecule has 0 atom stereocenters. The minimum absolute atomic E-state index is 0.239. The lowest BCUT2D eigenvalue weighted by Gasteiger charge is -2.34. The highest BCUT2D eigenvalue weighted by molar-refractivity contribution is 5.90. The summed E-state index contributed by atoms with van der Waals surface area (Å²) in [6.07, 6.45) is -3.76. The fourth-order valence-corrected chi connectivity index (χ4v) is 3.52. The Bertz CT molecular complexity index is 806. The molecule has 0 unspecified atom stereocenters. The second-order valence-corrected chi connectivity index (χ2v) is 7.38. The first-order chi connectivity index (χ1) is 14.4. The Labute approximate surface area is 174 Å². The molecule has 3 rings (SSSR count). The van der Waals surface area contributed by atoms with Gasteiger partial charge in [-0.05, 0) is 30.7 Å². The van der Waals surface area contributed by atoms with Crippen LogP contribution in [0, 0.1) is 0 Å². The fraction of sp³-hybridized carbons (Fsp3) is 0.409. The Morgan fingerprint density at radius 1 is 0.900 bits per heavy atom. The maximum Gasteiger partial charge on any atom is 0.418 e. The quantitative estimate of drug-likeness (QED) is 0.665. The third-order valence-electron chi connectivity index (χ3n) is 5.13. The van der Waals surface area contributed by atoms with Gasteiger partial charge in [-0.15, -0.1) is 0 Å². The smallest absolute Gasteiger partial charge is 0.338 e. The van der Waals surface area contributed by atoms with Gasteiger partial charge in [0.05, 0.1) is 11.3 Å². The van der Waals surface area contributed by atoms with E-state index in [1.165, 1.54) is 23.8 Å². The zero-order chi connectivity index (χ0) is 21.4. The van der Waals surface area contributed by atoms with E-state index in [0.29, 0.717) is 6.54 Å². The van der Waals surface area contributed by atoms with Crippen molar-refractivity contribution in [2.45, 2.75) is 19.1 Å². The number of rotatable bonds is 7. The number of carbonyl (C=O) groups is 1. The van der Waals surface area contributed by atoms with Crippen LogP contribution in [0.3, 0.4) is 0 Å². The first-order valence-corrected chi connectivity index (χ1v) is 10.1. The maximum atomic E-state index is 13.0. The summed E-state index contributed by atoms with van der Waals surface area (Å²) in [5.41, 5.74) is 0.221. The number of para-hydroxylation sites is 1. The molecule has 0 aliphatic carbocycles. The number of piperazine rings is 1. The molecule has 1 fully saturated rings. The van der Waals surface area contributed by atoms with Crippen LogP contribution in [0.5, 0.6) is 0 Å². The number of amides is 2. The lowest BCUT2D eigenvalue weighted by Crippen LogP contribution is -2.46. The predicted octanol–water partition coefficient (Wildman–Crippen LogP) is 4.03. The van der Waals surface area contributed by atoms with Gasteiger partial charge in [-0.1, -0.05) is 42.5 Å². The molecular weight excluding hydrogens is 393 g/mol. The van der Waals surface area contributed by atoms with E-state index in [-0.39, 0.29) is 5.69 Å². The average Bonchev–Trinajstić information content (AvgIpc) is 2.73. The van der Waals surface area contributed by atoms with E-state index in [4.69, 9.17) is 0 Å². The summed E-state index contributed by atoms with van der Waals surface area (Å²) in [4.78, 5) is 16.7. The van der Waals surface area contributed by atoms with Gasteiger partial charge in [-0.3, -0.25) is 4.90 Å². The normalized spacial score (nSPS) is 15.7. The summed E-state index contributed by atoms with van der Waals surface area (Å²) in [5.74, 6) is 0. The molecule has 8 heteroatoms. The Balaban J connectivity index is 1.33. The van der Waals surface area contributed by atoms with Gasteiger partial charge in [0.15, 0.2) is 0 Å². The number of nitrogens with zero attached hydrogens (tertiary/aromatic N) is 2. The first kappa shape index (κ1) is 22.1. The highest BCUT2D eigenvalue weighted by atomic mass is 19.4. The molecule has 0 bridgehead atoms. The summed E-state index contributed by atoms with van der Waals surface area (Å²) >= 11 is 0. The standard InChI is InChI=1S/C22H27F3N4O/c23-22(24,25)19-9-4-5-10-20(19)27-21(30)26-11-6-12-28-13-15-29(16-14-28)17-18-7-2-1-3-8-18/h1-5,7-10H,6,11-17H2,(H2,26,27,30). The highest BCUT2D eigenvalue weighted by Crippen LogP contribution is 2.34. The average molecular weight is 420 g/mol. The predicted molar refractivity (Wildman–Crippen MR) is 111 cm³/mol. The van der Waals surface area contributed by atoms with Crippen LogP contribution in [0.15, 0.2) is 54.6 Å². The molecule has 1 saturated heterocycles. The van der Waals surface area contributed by atoms with Crippen molar-refractivity contribution in [2.24, 2.45) is 0 Å². The molecule has 30 heavy (non-hydrogen) atoms. The van der Waals surface area contributed by atoms with Crippen molar-refractivity contribution in [2.75, 3.05) is 44.6 Å². The molecular formula is C22H27F3N4O. The van der Waals surface area contributed by atoms with E-state index < -0.39 is 17.8 Å². The highest BCUT2D eigenvalue weighted by Gasteiger charge is 2.33. The van der Waals surface area contributed by atoms with Gasteiger partial charge < -0.3 is 15.5 Å². The molecule has 2 N–H and O–H groups in total. The zero-order valence-corrected chi connectivity index (χ0v) is 16.8.